The van der Waals surface area contributed by atoms with Gasteiger partial charge < -0.3 is 0 Å². The maximum absolute atomic E-state index is 4.57. The van der Waals surface area contributed by atoms with Crippen LogP contribution in [0.4, 0.5) is 0 Å². The molecule has 98 valence electrons. The predicted octanol–water partition coefficient (Wildman–Crippen LogP) is 2.30. The molecule has 0 saturated carbocycles. The fourth-order valence-corrected chi connectivity index (χ4v) is 2.59. The lowest BCUT2D eigenvalue weighted by atomic mass is 10.0. The van der Waals surface area contributed by atoms with Crippen molar-refractivity contribution >= 4 is 0 Å². The van der Waals surface area contributed by atoms with Gasteiger partial charge in [-0.2, -0.15) is 0 Å². The van der Waals surface area contributed by atoms with Crippen molar-refractivity contribution in [2.45, 2.75) is 32.9 Å². The van der Waals surface area contributed by atoms with Crippen LogP contribution in [0.2, 0.25) is 0 Å². The summed E-state index contributed by atoms with van der Waals surface area (Å²) in [5, 5.41) is 0. The molecule has 0 aliphatic carbocycles. The zero-order chi connectivity index (χ0) is 13.2. The maximum Gasteiger partial charge on any atom is 0.125 e. The van der Waals surface area contributed by atoms with Crippen LogP contribution in [0, 0.1) is 6.92 Å². The molecule has 1 aliphatic rings. The molecule has 2 aromatic heterocycles. The number of fused-ring (bicyclic) bond motifs is 1. The summed E-state index contributed by atoms with van der Waals surface area (Å²) >= 11 is 0. The average molecular weight is 254 g/mol. The molecule has 4 heteroatoms. The number of rotatable bonds is 2. The van der Waals surface area contributed by atoms with Crippen LogP contribution < -0.4 is 0 Å². The molecule has 1 unspecified atom stereocenters. The SMILES string of the molecule is Cc1ncc2c(n1)CN(C(C)c1cccnc1)CC2. The lowest BCUT2D eigenvalue weighted by molar-refractivity contribution is 0.188. The van der Waals surface area contributed by atoms with Gasteiger partial charge in [0, 0.05) is 37.7 Å². The quantitative estimate of drug-likeness (QED) is 0.824. The van der Waals surface area contributed by atoms with Gasteiger partial charge in [0.1, 0.15) is 5.82 Å². The first kappa shape index (κ1) is 12.2. The first-order valence-corrected chi connectivity index (χ1v) is 6.69. The Labute approximate surface area is 113 Å². The molecule has 0 amide bonds. The van der Waals surface area contributed by atoms with Crippen molar-refractivity contribution in [3.8, 4) is 0 Å². The minimum Gasteiger partial charge on any atom is -0.290 e. The van der Waals surface area contributed by atoms with E-state index < -0.39 is 0 Å². The zero-order valence-corrected chi connectivity index (χ0v) is 11.4. The molecule has 19 heavy (non-hydrogen) atoms. The van der Waals surface area contributed by atoms with E-state index in [0.29, 0.717) is 6.04 Å². The average Bonchev–Trinajstić information content (AvgIpc) is 2.46. The molecule has 0 radical (unpaired) electrons. The van der Waals surface area contributed by atoms with Crippen LogP contribution in [0.1, 0.15) is 35.6 Å². The van der Waals surface area contributed by atoms with E-state index in [1.165, 1.54) is 16.8 Å². The van der Waals surface area contributed by atoms with E-state index in [1.807, 2.05) is 31.6 Å². The van der Waals surface area contributed by atoms with E-state index in [9.17, 15) is 0 Å². The summed E-state index contributed by atoms with van der Waals surface area (Å²) in [7, 11) is 0. The van der Waals surface area contributed by atoms with Gasteiger partial charge in [-0.15, -0.1) is 0 Å². The second-order valence-corrected chi connectivity index (χ2v) is 5.07. The molecule has 3 heterocycles. The molecule has 3 rings (SSSR count). The standard InChI is InChI=1S/C15H18N4/c1-11(13-4-3-6-16-8-13)19-7-5-14-9-17-12(2)18-15(14)10-19/h3-4,6,8-9,11H,5,7,10H2,1-2H3. The van der Waals surface area contributed by atoms with Crippen molar-refractivity contribution in [1.82, 2.24) is 19.9 Å². The van der Waals surface area contributed by atoms with Crippen molar-refractivity contribution in [2.75, 3.05) is 6.54 Å². The second kappa shape index (κ2) is 5.05. The number of aromatic nitrogens is 3. The number of hydrogen-bond donors (Lipinski definition) is 0. The number of nitrogens with zero attached hydrogens (tertiary/aromatic N) is 4. The highest BCUT2D eigenvalue weighted by atomic mass is 15.2. The molecular formula is C15H18N4. The maximum atomic E-state index is 4.57. The third-order valence-electron chi connectivity index (χ3n) is 3.81. The Morgan fingerprint density at radius 1 is 1.32 bits per heavy atom. The van der Waals surface area contributed by atoms with Crippen LogP contribution in [0.15, 0.2) is 30.7 Å². The van der Waals surface area contributed by atoms with Gasteiger partial charge in [0.25, 0.3) is 0 Å². The molecule has 1 atom stereocenters. The predicted molar refractivity (Wildman–Crippen MR) is 73.5 cm³/mol. The Morgan fingerprint density at radius 3 is 3.00 bits per heavy atom. The number of aryl methyl sites for hydroxylation is 1. The Kier molecular flexibility index (Phi) is 3.25. The van der Waals surface area contributed by atoms with Gasteiger partial charge in [-0.05, 0) is 37.5 Å². The molecule has 0 bridgehead atoms. The molecule has 2 aromatic rings. The Hall–Kier alpha value is -1.81. The van der Waals surface area contributed by atoms with E-state index in [0.717, 1.165) is 25.3 Å². The van der Waals surface area contributed by atoms with Crippen LogP contribution in [0.25, 0.3) is 0 Å². The van der Waals surface area contributed by atoms with Gasteiger partial charge >= 0.3 is 0 Å². The largest absolute Gasteiger partial charge is 0.290 e. The second-order valence-electron chi connectivity index (χ2n) is 5.07. The van der Waals surface area contributed by atoms with Gasteiger partial charge in [-0.25, -0.2) is 9.97 Å². The minimum absolute atomic E-state index is 0.372. The van der Waals surface area contributed by atoms with Crippen LogP contribution in [0.5, 0.6) is 0 Å². The normalized spacial score (nSPS) is 16.9. The summed E-state index contributed by atoms with van der Waals surface area (Å²) in [6, 6.07) is 4.51. The van der Waals surface area contributed by atoms with Crippen molar-refractivity contribution < 1.29 is 0 Å². The van der Waals surface area contributed by atoms with Crippen molar-refractivity contribution in [2.24, 2.45) is 0 Å². The first-order chi connectivity index (χ1) is 9.24. The lowest BCUT2D eigenvalue weighted by Crippen LogP contribution is -2.33. The fourth-order valence-electron chi connectivity index (χ4n) is 2.59. The van der Waals surface area contributed by atoms with E-state index in [-0.39, 0.29) is 0 Å². The molecular weight excluding hydrogens is 236 g/mol. The molecule has 4 nitrogen and oxygen atoms in total. The highest BCUT2D eigenvalue weighted by Gasteiger charge is 2.22. The highest BCUT2D eigenvalue weighted by molar-refractivity contribution is 5.22. The Balaban J connectivity index is 1.82. The van der Waals surface area contributed by atoms with Gasteiger partial charge in [-0.3, -0.25) is 9.88 Å². The third-order valence-corrected chi connectivity index (χ3v) is 3.81. The number of hydrogen-bond acceptors (Lipinski definition) is 4. The van der Waals surface area contributed by atoms with Crippen molar-refractivity contribution in [3.63, 3.8) is 0 Å². The monoisotopic (exact) mass is 254 g/mol. The molecule has 0 saturated heterocycles. The highest BCUT2D eigenvalue weighted by Crippen LogP contribution is 2.25. The van der Waals surface area contributed by atoms with E-state index in [2.05, 4.69) is 32.8 Å². The van der Waals surface area contributed by atoms with E-state index in [1.54, 1.807) is 0 Å². The Morgan fingerprint density at radius 2 is 2.21 bits per heavy atom. The summed E-state index contributed by atoms with van der Waals surface area (Å²) in [5.41, 5.74) is 3.73. The van der Waals surface area contributed by atoms with Gasteiger partial charge in [-0.1, -0.05) is 6.07 Å². The first-order valence-electron chi connectivity index (χ1n) is 6.69. The Bertz CT molecular complexity index is 568. The summed E-state index contributed by atoms with van der Waals surface area (Å²) in [5.74, 6) is 0.856. The summed E-state index contributed by atoms with van der Waals surface area (Å²) in [6.07, 6.45) is 6.77. The zero-order valence-electron chi connectivity index (χ0n) is 11.4. The third kappa shape index (κ3) is 2.49. The molecule has 0 aromatic carbocycles. The molecule has 0 fully saturated rings. The molecule has 0 N–H and O–H groups in total. The van der Waals surface area contributed by atoms with Gasteiger partial charge in [0.2, 0.25) is 0 Å². The van der Waals surface area contributed by atoms with Crippen LogP contribution in [-0.4, -0.2) is 26.4 Å². The van der Waals surface area contributed by atoms with Gasteiger partial charge in [0.15, 0.2) is 0 Å². The smallest absolute Gasteiger partial charge is 0.125 e. The van der Waals surface area contributed by atoms with Crippen molar-refractivity contribution in [3.05, 3.63) is 53.4 Å². The van der Waals surface area contributed by atoms with Crippen LogP contribution in [0.3, 0.4) is 0 Å². The van der Waals surface area contributed by atoms with E-state index >= 15 is 0 Å². The summed E-state index contributed by atoms with van der Waals surface area (Å²) in [4.78, 5) is 15.5. The minimum atomic E-state index is 0.372. The number of pyridine rings is 1. The van der Waals surface area contributed by atoms with Crippen LogP contribution >= 0.6 is 0 Å². The molecule has 0 spiro atoms. The topological polar surface area (TPSA) is 41.9 Å². The summed E-state index contributed by atoms with van der Waals surface area (Å²) < 4.78 is 0. The molecule has 1 aliphatic heterocycles. The van der Waals surface area contributed by atoms with Crippen molar-refractivity contribution in [1.29, 1.82) is 0 Å². The van der Waals surface area contributed by atoms with Crippen LogP contribution in [-0.2, 0) is 13.0 Å². The summed E-state index contributed by atoms with van der Waals surface area (Å²) in [6.45, 7) is 6.13. The van der Waals surface area contributed by atoms with E-state index in [4.69, 9.17) is 0 Å². The lowest BCUT2D eigenvalue weighted by Gasteiger charge is -2.33. The van der Waals surface area contributed by atoms with Gasteiger partial charge in [0.05, 0.1) is 5.69 Å². The fraction of sp³-hybridized carbons (Fsp3) is 0.400.